The van der Waals surface area contributed by atoms with Crippen LogP contribution in [0, 0.1) is 34.6 Å². The number of aryl methyl sites for hydroxylation is 8. The van der Waals surface area contributed by atoms with Crippen LogP contribution >= 0.6 is 22.7 Å². The highest BCUT2D eigenvalue weighted by atomic mass is 32.1. The monoisotopic (exact) mass is 1630 g/mol. The van der Waals surface area contributed by atoms with Gasteiger partial charge in [0, 0.05) is 86.9 Å². The Labute approximate surface area is 715 Å². The molecule has 8 aromatic heterocycles. The number of ether oxygens (including phenoxy) is 1. The molecule has 17 rings (SSSR count). The average Bonchev–Trinajstić information content (AvgIpc) is 1.62. The van der Waals surface area contributed by atoms with Gasteiger partial charge in [-0.25, -0.2) is 34.7 Å². The third kappa shape index (κ3) is 19.8. The Hall–Kier alpha value is -13.6. The van der Waals surface area contributed by atoms with Gasteiger partial charge in [-0.3, -0.25) is 9.59 Å². The van der Waals surface area contributed by atoms with Crippen LogP contribution < -0.4 is 16.0 Å². The molecule has 18 heteroatoms. The van der Waals surface area contributed by atoms with Crippen molar-refractivity contribution >= 4 is 74.1 Å². The topological polar surface area (TPSA) is 189 Å². The van der Waals surface area contributed by atoms with Gasteiger partial charge in [-0.15, -0.1) is 22.7 Å². The largest absolute Gasteiger partial charge is 0.453 e. The van der Waals surface area contributed by atoms with Crippen LogP contribution in [0.1, 0.15) is 140 Å². The van der Waals surface area contributed by atoms with Crippen LogP contribution in [0.15, 0.2) is 279 Å². The minimum absolute atomic E-state index is 0.0618. The molecule has 0 unspecified atom stereocenters. The van der Waals surface area contributed by atoms with E-state index in [0.717, 1.165) is 173 Å². The number of aromatic nitrogens is 9. The van der Waals surface area contributed by atoms with E-state index in [1.807, 2.05) is 117 Å². The average molecular weight is 1630 g/mol. The van der Waals surface area contributed by atoms with E-state index in [2.05, 4.69) is 252 Å². The summed E-state index contributed by atoms with van der Waals surface area (Å²) in [4.78, 5) is 71.2. The van der Waals surface area contributed by atoms with Crippen molar-refractivity contribution < 1.29 is 19.1 Å². The first kappa shape index (κ1) is 82.5. The Bertz CT molecular complexity index is 6460. The van der Waals surface area contributed by atoms with Crippen LogP contribution in [-0.2, 0) is 76.1 Å². The summed E-state index contributed by atoms with van der Waals surface area (Å²) < 4.78 is 11.5. The zero-order chi connectivity index (χ0) is 83.9. The molecule has 0 fully saturated rings. The van der Waals surface area contributed by atoms with Crippen LogP contribution in [0.5, 0.6) is 0 Å². The van der Waals surface area contributed by atoms with E-state index in [1.54, 1.807) is 22.7 Å². The van der Waals surface area contributed by atoms with Crippen molar-refractivity contribution in [2.45, 2.75) is 127 Å². The van der Waals surface area contributed by atoms with E-state index in [9.17, 15) is 14.4 Å². The van der Waals surface area contributed by atoms with Crippen LogP contribution in [0.25, 0.3) is 78.0 Å². The number of methoxy groups -OCH3 is 1. The summed E-state index contributed by atoms with van der Waals surface area (Å²) >= 11 is 3.53. The molecule has 9 aromatic carbocycles. The SMILES string of the molecule is CCc1nc2c(C)cc(C)nc2n1Cc1ccc(-c2cc(-c3ccccc3)ccc2CNC(=O)OC)cc1.CCc1nc2c(C)cc(C)nc2n1Cc1ccc(-c2cc(Cc3ccccc3)sc2CNC(=O)c2ccccc2)cc1.CCc1nc2c(C)ccnc2n1Cc1ccc(-c2cc(Cc3ccccc3)sc2CNC(=O)c2ccccc2)cc1. The van der Waals surface area contributed by atoms with E-state index < -0.39 is 6.09 Å². The van der Waals surface area contributed by atoms with Gasteiger partial charge in [0.05, 0.1) is 39.8 Å². The minimum Gasteiger partial charge on any atom is -0.453 e. The summed E-state index contributed by atoms with van der Waals surface area (Å²) in [5.41, 5.74) is 28.8. The van der Waals surface area contributed by atoms with E-state index >= 15 is 0 Å². The number of thiophene rings is 2. The molecule has 0 spiro atoms. The van der Waals surface area contributed by atoms with E-state index in [0.29, 0.717) is 37.3 Å². The molecule has 0 saturated carbocycles. The van der Waals surface area contributed by atoms with Crippen molar-refractivity contribution in [2.75, 3.05) is 7.11 Å². The molecular weight excluding hydrogens is 1530 g/mol. The van der Waals surface area contributed by atoms with E-state index in [-0.39, 0.29) is 11.8 Å². The van der Waals surface area contributed by atoms with Crippen LogP contribution in [-0.4, -0.2) is 68.6 Å². The van der Waals surface area contributed by atoms with Gasteiger partial charge in [0.25, 0.3) is 11.8 Å². The summed E-state index contributed by atoms with van der Waals surface area (Å²) in [5.74, 6) is 3.01. The third-order valence-electron chi connectivity index (χ3n) is 21.8. The number of fused-ring (bicyclic) bond motifs is 3. The highest BCUT2D eigenvalue weighted by Gasteiger charge is 2.22. The zero-order valence-electron chi connectivity index (χ0n) is 69.8. The lowest BCUT2D eigenvalue weighted by Crippen LogP contribution is -2.22. The Kier molecular flexibility index (Phi) is 26.2. The molecule has 0 aliphatic carbocycles. The number of nitrogens with one attached hydrogen (secondary N) is 3. The first-order valence-corrected chi connectivity index (χ1v) is 42.9. The second-order valence-corrected chi connectivity index (χ2v) is 32.8. The van der Waals surface area contributed by atoms with E-state index in [4.69, 9.17) is 29.7 Å². The van der Waals surface area contributed by atoms with E-state index in [1.165, 1.54) is 55.8 Å². The molecule has 0 atom stereocenters. The first-order chi connectivity index (χ1) is 59.0. The smallest absolute Gasteiger partial charge is 0.407 e. The number of alkyl carbamates (subject to hydrolysis) is 1. The molecule has 0 aliphatic rings. The number of nitrogens with zero attached hydrogens (tertiary/aromatic N) is 9. The Morgan fingerprint density at radius 1 is 0.355 bits per heavy atom. The summed E-state index contributed by atoms with van der Waals surface area (Å²) in [6.45, 7) is 20.3. The lowest BCUT2D eigenvalue weighted by Gasteiger charge is -2.14. The maximum absolute atomic E-state index is 12.8. The molecule has 0 radical (unpaired) electrons. The van der Waals surface area contributed by atoms with Crippen LogP contribution in [0.3, 0.4) is 0 Å². The summed E-state index contributed by atoms with van der Waals surface area (Å²) in [6.07, 6.45) is 5.69. The third-order valence-corrected chi connectivity index (χ3v) is 24.0. The Morgan fingerprint density at radius 2 is 0.736 bits per heavy atom. The number of rotatable bonds is 25. The Balaban J connectivity index is 0.000000141. The number of carbonyl (C=O) groups is 3. The number of imidazole rings is 3. The van der Waals surface area contributed by atoms with Gasteiger partial charge >= 0.3 is 6.09 Å². The highest BCUT2D eigenvalue weighted by Crippen LogP contribution is 2.38. The number of amides is 3. The van der Waals surface area contributed by atoms with Gasteiger partial charge in [0.1, 0.15) is 34.0 Å². The van der Waals surface area contributed by atoms with Gasteiger partial charge < -0.3 is 34.4 Å². The molecule has 121 heavy (non-hydrogen) atoms. The molecular formula is C103H98N12O4S2. The number of pyridine rings is 3. The molecule has 3 amide bonds. The van der Waals surface area contributed by atoms with Crippen molar-refractivity contribution in [3.05, 3.63) is 389 Å². The normalized spacial score (nSPS) is 11.1. The predicted octanol–water partition coefficient (Wildman–Crippen LogP) is 22.4. The summed E-state index contributed by atoms with van der Waals surface area (Å²) in [6, 6.07) is 93.4. The standard InChI is InChI=1S/C36H34N4OS.C35H32N4OS.C32H32N4O2/c1-4-33-39-34-24(2)19-25(3)38-35(34)40(33)23-27-15-17-28(18-16-27)31-21-30(20-26-11-7-5-8-12-26)42-32(31)22-37-36(41)29-13-9-6-10-14-29;1-3-32-38-33-24(2)18-19-36-34(33)39(32)23-26-14-16-27(17-15-26)30-21-29(20-25-10-6-4-7-11-25)41-31(30)22-37-35(40)28-12-8-5-9-13-28;1-5-29-35-30-21(2)17-22(3)34-31(30)36(29)20-23-11-13-25(14-12-23)28-18-26(24-9-7-6-8-10-24)15-16-27(28)19-33-32(37)38-4/h5-19,21H,4,20,22-23H2,1-3H3,(H,37,41);4-19,21H,3,20,22-23H2,1-2H3,(H,37,40);6-18H,5,19-20H2,1-4H3,(H,33,37). The van der Waals surface area contributed by atoms with Gasteiger partial charge in [-0.1, -0.05) is 233 Å². The van der Waals surface area contributed by atoms with Gasteiger partial charge in [-0.2, -0.15) is 0 Å². The number of hydrogen-bond donors (Lipinski definition) is 3. The molecule has 17 aromatic rings. The molecule has 3 N–H and O–H groups in total. The van der Waals surface area contributed by atoms with Crippen molar-refractivity contribution in [3.8, 4) is 44.5 Å². The molecule has 0 bridgehead atoms. The fraction of sp³-hybridized carbons (Fsp3) is 0.194. The highest BCUT2D eigenvalue weighted by molar-refractivity contribution is 7.12. The van der Waals surface area contributed by atoms with Crippen molar-refractivity contribution in [3.63, 3.8) is 0 Å². The molecule has 16 nitrogen and oxygen atoms in total. The van der Waals surface area contributed by atoms with Crippen molar-refractivity contribution in [1.82, 2.24) is 59.6 Å². The quantitative estimate of drug-likeness (QED) is 0.0497. The Morgan fingerprint density at radius 3 is 1.15 bits per heavy atom. The van der Waals surface area contributed by atoms with Crippen molar-refractivity contribution in [2.24, 2.45) is 0 Å². The molecule has 606 valence electrons. The summed E-state index contributed by atoms with van der Waals surface area (Å²) in [7, 11) is 1.37. The fourth-order valence-electron chi connectivity index (χ4n) is 15.5. The van der Waals surface area contributed by atoms with Crippen molar-refractivity contribution in [1.29, 1.82) is 0 Å². The first-order valence-electron chi connectivity index (χ1n) is 41.3. The zero-order valence-corrected chi connectivity index (χ0v) is 71.4. The maximum atomic E-state index is 12.8. The fourth-order valence-corrected chi connectivity index (χ4v) is 17.9. The van der Waals surface area contributed by atoms with Gasteiger partial charge in [0.15, 0.2) is 16.9 Å². The second kappa shape index (κ2) is 38.5. The number of benzene rings is 9. The summed E-state index contributed by atoms with van der Waals surface area (Å²) in [5, 5.41) is 9.09. The number of carbonyl (C=O) groups excluding carboxylic acids is 3. The van der Waals surface area contributed by atoms with Crippen LogP contribution in [0.2, 0.25) is 0 Å². The molecule has 8 heterocycles. The lowest BCUT2D eigenvalue weighted by molar-refractivity contribution is 0.0943. The van der Waals surface area contributed by atoms with Crippen LogP contribution in [0.4, 0.5) is 4.79 Å². The molecule has 0 saturated heterocycles. The number of hydrogen-bond acceptors (Lipinski definition) is 12. The molecule has 0 aliphatic heterocycles. The lowest BCUT2D eigenvalue weighted by atomic mass is 9.94. The van der Waals surface area contributed by atoms with Gasteiger partial charge in [-0.05, 0) is 190 Å². The second-order valence-electron chi connectivity index (χ2n) is 30.4. The minimum atomic E-state index is -0.447. The predicted molar refractivity (Wildman–Crippen MR) is 491 cm³/mol. The maximum Gasteiger partial charge on any atom is 0.407 e. The van der Waals surface area contributed by atoms with Gasteiger partial charge in [0.2, 0.25) is 0 Å².